The summed E-state index contributed by atoms with van der Waals surface area (Å²) in [5.41, 5.74) is 0.482. The number of carbonyl (C=O) groups is 1. The second-order valence-electron chi connectivity index (χ2n) is 4.29. The molecule has 0 saturated carbocycles. The van der Waals surface area contributed by atoms with E-state index in [0.717, 1.165) is 0 Å². The van der Waals surface area contributed by atoms with Gasteiger partial charge in [0.05, 0.1) is 11.7 Å². The Hall–Kier alpha value is -0.940. The molecule has 1 saturated heterocycles. The first-order chi connectivity index (χ1) is 8.59. The van der Waals surface area contributed by atoms with Crippen molar-refractivity contribution in [1.29, 1.82) is 0 Å². The molecule has 4 atom stereocenters. The van der Waals surface area contributed by atoms with E-state index < -0.39 is 23.3 Å². The van der Waals surface area contributed by atoms with Gasteiger partial charge in [0.2, 0.25) is 0 Å². The van der Waals surface area contributed by atoms with Crippen LogP contribution >= 0.6 is 15.9 Å². The van der Waals surface area contributed by atoms with Crippen molar-refractivity contribution in [3.05, 3.63) is 35.9 Å². The molecule has 0 spiro atoms. The predicted molar refractivity (Wildman–Crippen MR) is 68.4 cm³/mol. The molecule has 5 heteroatoms. The lowest BCUT2D eigenvalue weighted by Gasteiger charge is -2.14. The second kappa shape index (κ2) is 5.80. The molecule has 0 N–H and O–H groups in total. The number of hydrogen-bond acceptors (Lipinski definition) is 3. The monoisotopic (exact) mass is 316 g/mol. The summed E-state index contributed by atoms with van der Waals surface area (Å²) in [6.07, 6.45) is -1.48. The van der Waals surface area contributed by atoms with Crippen LogP contribution in [-0.2, 0) is 9.47 Å². The van der Waals surface area contributed by atoms with E-state index in [1.165, 1.54) is 0 Å². The zero-order valence-electron chi connectivity index (χ0n) is 9.88. The van der Waals surface area contributed by atoms with Gasteiger partial charge in [-0.25, -0.2) is 9.18 Å². The van der Waals surface area contributed by atoms with Crippen LogP contribution in [0.3, 0.4) is 0 Å². The van der Waals surface area contributed by atoms with Gasteiger partial charge in [-0.2, -0.15) is 0 Å². The Kier molecular flexibility index (Phi) is 4.35. The molecule has 0 aliphatic carbocycles. The summed E-state index contributed by atoms with van der Waals surface area (Å²) in [7, 11) is 0. The molecule has 1 heterocycles. The lowest BCUT2D eigenvalue weighted by Crippen LogP contribution is -2.25. The fourth-order valence-corrected chi connectivity index (χ4v) is 2.57. The van der Waals surface area contributed by atoms with Crippen LogP contribution in [0.25, 0.3) is 0 Å². The Labute approximate surface area is 113 Å². The van der Waals surface area contributed by atoms with Gasteiger partial charge in [-0.3, -0.25) is 0 Å². The van der Waals surface area contributed by atoms with Crippen molar-refractivity contribution < 1.29 is 18.7 Å². The molecule has 1 aromatic carbocycles. The van der Waals surface area contributed by atoms with Crippen molar-refractivity contribution in [3.8, 4) is 0 Å². The van der Waals surface area contributed by atoms with Gasteiger partial charge in [-0.05, 0) is 12.1 Å². The maximum absolute atomic E-state index is 13.5. The largest absolute Gasteiger partial charge is 0.459 e. The quantitative estimate of drug-likeness (QED) is 0.635. The number of halogens is 2. The van der Waals surface area contributed by atoms with E-state index in [2.05, 4.69) is 15.9 Å². The Balaban J connectivity index is 1.88. The van der Waals surface area contributed by atoms with Crippen molar-refractivity contribution in [1.82, 2.24) is 0 Å². The average molecular weight is 317 g/mol. The summed E-state index contributed by atoms with van der Waals surface area (Å²) in [6.45, 7) is 1.81. The number of alkyl halides is 2. The smallest absolute Gasteiger partial charge is 0.338 e. The van der Waals surface area contributed by atoms with E-state index in [1.807, 2.05) is 6.07 Å². The highest BCUT2D eigenvalue weighted by atomic mass is 79.9. The van der Waals surface area contributed by atoms with Gasteiger partial charge in [-0.15, -0.1) is 0 Å². The van der Waals surface area contributed by atoms with Gasteiger partial charge in [0.15, 0.2) is 0 Å². The van der Waals surface area contributed by atoms with E-state index in [-0.39, 0.29) is 12.5 Å². The van der Waals surface area contributed by atoms with Gasteiger partial charge < -0.3 is 9.47 Å². The van der Waals surface area contributed by atoms with Gasteiger partial charge in [0.1, 0.15) is 17.8 Å². The highest BCUT2D eigenvalue weighted by molar-refractivity contribution is 9.09. The number of rotatable bonds is 3. The van der Waals surface area contributed by atoms with Crippen LogP contribution in [0.4, 0.5) is 4.39 Å². The molecule has 0 radical (unpaired) electrons. The summed E-state index contributed by atoms with van der Waals surface area (Å²) in [5.74, 6) is -0.710. The molecule has 3 nitrogen and oxygen atoms in total. The molecular formula is C13H14BrFO3. The second-order valence-corrected chi connectivity index (χ2v) is 5.20. The lowest BCUT2D eigenvalue weighted by molar-refractivity contribution is 0.00342. The van der Waals surface area contributed by atoms with Gasteiger partial charge in [-0.1, -0.05) is 41.1 Å². The Morgan fingerprint density at radius 2 is 2.11 bits per heavy atom. The van der Waals surface area contributed by atoms with Crippen molar-refractivity contribution >= 4 is 21.9 Å². The minimum atomic E-state index is -1.08. The molecule has 2 rings (SSSR count). The molecule has 0 amide bonds. The third-order valence-electron chi connectivity index (χ3n) is 3.03. The minimum Gasteiger partial charge on any atom is -0.459 e. The Morgan fingerprint density at radius 3 is 2.67 bits per heavy atom. The van der Waals surface area contributed by atoms with Crippen LogP contribution in [-0.4, -0.2) is 29.9 Å². The summed E-state index contributed by atoms with van der Waals surface area (Å²) >= 11 is 3.10. The summed E-state index contributed by atoms with van der Waals surface area (Å²) in [5, 5.41) is -0.618. The van der Waals surface area contributed by atoms with Crippen LogP contribution in [0.15, 0.2) is 30.3 Å². The van der Waals surface area contributed by atoms with Crippen molar-refractivity contribution in [2.45, 2.75) is 24.2 Å². The van der Waals surface area contributed by atoms with Crippen LogP contribution < -0.4 is 0 Å². The molecule has 18 heavy (non-hydrogen) atoms. The summed E-state index contributed by atoms with van der Waals surface area (Å²) in [6, 6.07) is 8.69. The van der Waals surface area contributed by atoms with Crippen molar-refractivity contribution in [2.24, 2.45) is 5.92 Å². The van der Waals surface area contributed by atoms with E-state index >= 15 is 0 Å². The minimum absolute atomic E-state index is 0.0669. The topological polar surface area (TPSA) is 35.5 Å². The zero-order chi connectivity index (χ0) is 13.1. The fourth-order valence-electron chi connectivity index (χ4n) is 1.82. The SMILES string of the molecule is C[C@H]1C(F)C(Br)O[C@@H]1COC(=O)c1ccccc1. The third kappa shape index (κ3) is 2.90. The average Bonchev–Trinajstić information content (AvgIpc) is 2.64. The number of esters is 1. The molecule has 1 aromatic rings. The maximum Gasteiger partial charge on any atom is 0.338 e. The molecular weight excluding hydrogens is 303 g/mol. The standard InChI is InChI=1S/C13H14BrFO3/c1-8-10(18-12(14)11(8)15)7-17-13(16)9-5-3-2-4-6-9/h2-6,8,10-12H,7H2,1H3/t8-,10-,11?,12?/m1/s1. The first-order valence-electron chi connectivity index (χ1n) is 5.75. The summed E-state index contributed by atoms with van der Waals surface area (Å²) < 4.78 is 24.0. The molecule has 0 bridgehead atoms. The Bertz CT molecular complexity index is 412. The first kappa shape index (κ1) is 13.5. The zero-order valence-corrected chi connectivity index (χ0v) is 11.5. The number of benzene rings is 1. The lowest BCUT2D eigenvalue weighted by atomic mass is 10.0. The van der Waals surface area contributed by atoms with Crippen molar-refractivity contribution in [2.75, 3.05) is 6.61 Å². The van der Waals surface area contributed by atoms with Gasteiger partial charge in [0, 0.05) is 5.92 Å². The van der Waals surface area contributed by atoms with Crippen LogP contribution in [0.5, 0.6) is 0 Å². The van der Waals surface area contributed by atoms with Gasteiger partial charge >= 0.3 is 5.97 Å². The molecule has 98 valence electrons. The normalized spacial score (nSPS) is 31.3. The number of carbonyl (C=O) groups excluding carboxylic acids is 1. The highest BCUT2D eigenvalue weighted by Crippen LogP contribution is 2.32. The van der Waals surface area contributed by atoms with Gasteiger partial charge in [0.25, 0.3) is 0 Å². The molecule has 1 fully saturated rings. The fraction of sp³-hybridized carbons (Fsp3) is 0.462. The van der Waals surface area contributed by atoms with E-state index in [0.29, 0.717) is 5.56 Å². The van der Waals surface area contributed by atoms with Crippen LogP contribution in [0, 0.1) is 5.92 Å². The van der Waals surface area contributed by atoms with Crippen molar-refractivity contribution in [3.63, 3.8) is 0 Å². The number of hydrogen-bond donors (Lipinski definition) is 0. The predicted octanol–water partition coefficient (Wildman–Crippen LogP) is 2.94. The number of ether oxygens (including phenoxy) is 2. The molecule has 1 aliphatic heterocycles. The van der Waals surface area contributed by atoms with E-state index in [1.54, 1.807) is 31.2 Å². The van der Waals surface area contributed by atoms with E-state index in [4.69, 9.17) is 9.47 Å². The van der Waals surface area contributed by atoms with E-state index in [9.17, 15) is 9.18 Å². The molecule has 2 unspecified atom stereocenters. The van der Waals surface area contributed by atoms with Crippen LogP contribution in [0.2, 0.25) is 0 Å². The third-order valence-corrected chi connectivity index (χ3v) is 3.75. The summed E-state index contributed by atoms with van der Waals surface area (Å²) in [4.78, 5) is 11.7. The first-order valence-corrected chi connectivity index (χ1v) is 6.67. The molecule has 1 aliphatic rings. The Morgan fingerprint density at radius 1 is 1.44 bits per heavy atom. The maximum atomic E-state index is 13.5. The highest BCUT2D eigenvalue weighted by Gasteiger charge is 2.41. The van der Waals surface area contributed by atoms with Crippen LogP contribution in [0.1, 0.15) is 17.3 Å². The molecule has 0 aromatic heterocycles.